The van der Waals surface area contributed by atoms with Crippen LogP contribution >= 0.6 is 11.8 Å². The molecule has 5 nitrogen and oxygen atoms in total. The Bertz CT molecular complexity index is 333. The highest BCUT2D eigenvalue weighted by atomic mass is 32.2. The number of hydrogen-bond acceptors (Lipinski definition) is 6. The molecule has 0 aromatic heterocycles. The topological polar surface area (TPSA) is 78.8 Å². The van der Waals surface area contributed by atoms with Gasteiger partial charge in [-0.25, -0.2) is 0 Å². The Hall–Kier alpha value is 0.150. The molecule has 0 spiro atoms. The maximum absolute atomic E-state index is 12.0. The summed E-state index contributed by atoms with van der Waals surface area (Å²) in [6.45, 7) is 4.53. The third kappa shape index (κ3) is 5.08. The lowest BCUT2D eigenvalue weighted by molar-refractivity contribution is 0.0965. The van der Waals surface area contributed by atoms with E-state index in [1.807, 2.05) is 11.8 Å². The molecular formula is C16H31N2O3S-. The molecule has 6 unspecified atom stereocenters. The molecule has 3 N–H and O–H groups in total. The van der Waals surface area contributed by atoms with Crippen molar-refractivity contribution in [2.75, 3.05) is 12.3 Å². The lowest BCUT2D eigenvalue weighted by atomic mass is 9.97. The van der Waals surface area contributed by atoms with Gasteiger partial charge in [-0.3, -0.25) is 5.32 Å². The van der Waals surface area contributed by atoms with E-state index < -0.39 is 12.3 Å². The molecule has 1 aliphatic heterocycles. The Morgan fingerprint density at radius 1 is 1.36 bits per heavy atom. The molecule has 2 rings (SSSR count). The highest BCUT2D eigenvalue weighted by Gasteiger charge is 2.34. The average molecular weight is 332 g/mol. The minimum absolute atomic E-state index is 0.175. The van der Waals surface area contributed by atoms with Gasteiger partial charge in [0.25, 0.3) is 0 Å². The molecule has 1 saturated heterocycles. The van der Waals surface area contributed by atoms with Gasteiger partial charge in [-0.2, -0.15) is 11.8 Å². The van der Waals surface area contributed by atoms with Gasteiger partial charge in [0, 0.05) is 17.3 Å². The highest BCUT2D eigenvalue weighted by molar-refractivity contribution is 8.00. The van der Waals surface area contributed by atoms with E-state index in [1.165, 1.54) is 0 Å². The minimum Gasteiger partial charge on any atom is -0.785 e. The normalized spacial score (nSPS) is 37.1. The van der Waals surface area contributed by atoms with Crippen LogP contribution in [0.3, 0.4) is 0 Å². The summed E-state index contributed by atoms with van der Waals surface area (Å²) < 4.78 is 0. The summed E-state index contributed by atoms with van der Waals surface area (Å²) in [6, 6.07) is 0.190. The molecule has 22 heavy (non-hydrogen) atoms. The molecule has 6 atom stereocenters. The molecule has 1 aliphatic carbocycles. The van der Waals surface area contributed by atoms with Gasteiger partial charge in [0.2, 0.25) is 0 Å². The average Bonchev–Trinajstić information content (AvgIpc) is 3.02. The van der Waals surface area contributed by atoms with Crippen molar-refractivity contribution < 1.29 is 10.2 Å². The van der Waals surface area contributed by atoms with Crippen molar-refractivity contribution in [2.24, 2.45) is 5.92 Å². The van der Waals surface area contributed by atoms with Crippen molar-refractivity contribution in [1.82, 2.24) is 10.4 Å². The molecule has 0 aromatic rings. The lowest BCUT2D eigenvalue weighted by Crippen LogP contribution is -2.44. The third-order valence-electron chi connectivity index (χ3n) is 4.95. The van der Waals surface area contributed by atoms with Gasteiger partial charge in [-0.1, -0.05) is 13.3 Å². The second-order valence-electron chi connectivity index (χ2n) is 6.92. The van der Waals surface area contributed by atoms with Gasteiger partial charge in [0.05, 0.1) is 6.10 Å². The Balaban J connectivity index is 1.65. The maximum atomic E-state index is 12.0. The highest BCUT2D eigenvalue weighted by Crippen LogP contribution is 2.35. The molecule has 1 saturated carbocycles. The molecule has 0 radical (unpaired) electrons. The fourth-order valence-electron chi connectivity index (χ4n) is 3.70. The van der Waals surface area contributed by atoms with Gasteiger partial charge in [0.1, 0.15) is 6.23 Å². The number of aliphatic hydroxyl groups excluding tert-OH is 2. The molecule has 6 heteroatoms. The summed E-state index contributed by atoms with van der Waals surface area (Å²) >= 11 is 1.98. The zero-order chi connectivity index (χ0) is 16.1. The predicted octanol–water partition coefficient (Wildman–Crippen LogP) is 1.92. The zero-order valence-electron chi connectivity index (χ0n) is 13.8. The Labute approximate surface area is 138 Å². The van der Waals surface area contributed by atoms with Crippen molar-refractivity contribution in [2.45, 2.75) is 82.0 Å². The number of nitrogens with zero attached hydrogens (tertiary/aromatic N) is 1. The lowest BCUT2D eigenvalue weighted by Gasteiger charge is -2.36. The van der Waals surface area contributed by atoms with Gasteiger partial charge in [0.15, 0.2) is 0 Å². The van der Waals surface area contributed by atoms with Crippen LogP contribution < -0.4 is 5.32 Å². The Morgan fingerprint density at radius 2 is 2.14 bits per heavy atom. The van der Waals surface area contributed by atoms with Crippen molar-refractivity contribution >= 4 is 11.8 Å². The number of thioether (sulfide) groups is 1. The van der Waals surface area contributed by atoms with E-state index in [4.69, 9.17) is 0 Å². The number of rotatable bonds is 8. The fraction of sp³-hybridized carbons (Fsp3) is 1.00. The van der Waals surface area contributed by atoms with Crippen molar-refractivity contribution in [3.63, 3.8) is 0 Å². The monoisotopic (exact) mass is 331 g/mol. The Morgan fingerprint density at radius 3 is 2.77 bits per heavy atom. The van der Waals surface area contributed by atoms with Crippen LogP contribution in [0.5, 0.6) is 0 Å². The van der Waals surface area contributed by atoms with E-state index >= 15 is 0 Å². The first-order valence-corrected chi connectivity index (χ1v) is 9.71. The van der Waals surface area contributed by atoms with Crippen LogP contribution in [0.1, 0.15) is 52.4 Å². The molecule has 0 amide bonds. The van der Waals surface area contributed by atoms with Crippen LogP contribution in [0, 0.1) is 11.1 Å². The van der Waals surface area contributed by atoms with Crippen LogP contribution in [0.25, 0.3) is 0 Å². The number of hydrogen-bond donors (Lipinski definition) is 3. The first-order chi connectivity index (χ1) is 10.5. The van der Waals surface area contributed by atoms with Crippen LogP contribution in [0.15, 0.2) is 0 Å². The van der Waals surface area contributed by atoms with E-state index in [0.717, 1.165) is 49.3 Å². The summed E-state index contributed by atoms with van der Waals surface area (Å²) in [5, 5.41) is 36.2. The van der Waals surface area contributed by atoms with E-state index in [2.05, 4.69) is 12.2 Å². The largest absolute Gasteiger partial charge is 0.785 e. The second kappa shape index (κ2) is 8.85. The molecule has 2 fully saturated rings. The summed E-state index contributed by atoms with van der Waals surface area (Å²) in [7, 11) is 0. The summed E-state index contributed by atoms with van der Waals surface area (Å²) in [6.07, 6.45) is 4.68. The van der Waals surface area contributed by atoms with E-state index in [9.17, 15) is 15.4 Å². The van der Waals surface area contributed by atoms with Gasteiger partial charge in [-0.15, -0.1) is 0 Å². The smallest absolute Gasteiger partial charge is 0.102 e. The summed E-state index contributed by atoms with van der Waals surface area (Å²) in [4.78, 5) is 0. The molecular weight excluding hydrogens is 300 g/mol. The standard InChI is InChI=1S/C16H31N2O3S/c1-11-10-22-15(16(11)17-12(2)19)8-3-4-9-18(21)13-6-5-7-14(13)20/h11-17,19-20H,3-10H2,1-2H3/q-1. The van der Waals surface area contributed by atoms with Crippen molar-refractivity contribution in [3.8, 4) is 0 Å². The maximum Gasteiger partial charge on any atom is 0.102 e. The Kier molecular flexibility index (Phi) is 7.44. The minimum atomic E-state index is -0.463. The van der Waals surface area contributed by atoms with Gasteiger partial charge < -0.3 is 20.5 Å². The van der Waals surface area contributed by atoms with Crippen LogP contribution in [0.4, 0.5) is 0 Å². The number of aliphatic hydroxyl groups is 2. The molecule has 0 bridgehead atoms. The fourth-order valence-corrected chi connectivity index (χ4v) is 5.34. The number of nitrogens with one attached hydrogen (secondary N) is 1. The first-order valence-electron chi connectivity index (χ1n) is 8.66. The van der Waals surface area contributed by atoms with Crippen molar-refractivity contribution in [3.05, 3.63) is 5.21 Å². The van der Waals surface area contributed by atoms with Crippen LogP contribution in [-0.2, 0) is 0 Å². The van der Waals surface area contributed by atoms with E-state index in [0.29, 0.717) is 23.8 Å². The van der Waals surface area contributed by atoms with Gasteiger partial charge in [-0.05, 0) is 57.2 Å². The third-order valence-corrected chi connectivity index (χ3v) is 6.63. The number of hydroxylamine groups is 2. The molecule has 0 aromatic carbocycles. The summed E-state index contributed by atoms with van der Waals surface area (Å²) in [5.41, 5.74) is 0. The SMILES string of the molecule is CC(O)NC1C(C)CSC1CCCCN([O-])C1CCCC1O. The summed E-state index contributed by atoms with van der Waals surface area (Å²) in [5.74, 6) is 1.71. The zero-order valence-corrected chi connectivity index (χ0v) is 14.6. The first kappa shape index (κ1) is 18.5. The van der Waals surface area contributed by atoms with E-state index in [-0.39, 0.29) is 6.04 Å². The molecule has 130 valence electrons. The van der Waals surface area contributed by atoms with Crippen LogP contribution in [0.2, 0.25) is 0 Å². The predicted molar refractivity (Wildman–Crippen MR) is 91.6 cm³/mol. The molecule has 2 aliphatic rings. The van der Waals surface area contributed by atoms with E-state index in [1.54, 1.807) is 6.92 Å². The number of unbranched alkanes of at least 4 members (excludes halogenated alkanes) is 1. The quantitative estimate of drug-likeness (QED) is 0.358. The second-order valence-corrected chi connectivity index (χ2v) is 8.19. The molecule has 1 heterocycles. The van der Waals surface area contributed by atoms with Gasteiger partial charge >= 0.3 is 0 Å². The van der Waals surface area contributed by atoms with Crippen molar-refractivity contribution in [1.29, 1.82) is 0 Å². The van der Waals surface area contributed by atoms with Crippen LogP contribution in [-0.4, -0.2) is 57.2 Å².